The van der Waals surface area contributed by atoms with Crippen LogP contribution < -0.4 is 10.6 Å². The monoisotopic (exact) mass is 335 g/mol. The molecule has 5 heteroatoms. The molecule has 2 N–H and O–H groups in total. The van der Waals surface area contributed by atoms with Gasteiger partial charge in [0, 0.05) is 10.5 Å². The highest BCUT2D eigenvalue weighted by Crippen LogP contribution is 2.21. The highest BCUT2D eigenvalue weighted by Gasteiger charge is 2.15. The number of anilines is 1. The molecule has 1 aromatic rings. The molecule has 0 bridgehead atoms. The molecule has 1 amide bonds. The first-order valence-corrected chi connectivity index (χ1v) is 7.71. The molecule has 4 nitrogen and oxygen atoms in total. The van der Waals surface area contributed by atoms with Crippen molar-refractivity contribution in [2.45, 2.75) is 38.1 Å². The van der Waals surface area contributed by atoms with Crippen molar-refractivity contribution in [3.63, 3.8) is 0 Å². The van der Waals surface area contributed by atoms with Crippen molar-refractivity contribution in [3.05, 3.63) is 28.2 Å². The largest absolute Gasteiger partial charge is 0.375 e. The van der Waals surface area contributed by atoms with Crippen LogP contribution in [0, 0.1) is 11.3 Å². The van der Waals surface area contributed by atoms with Crippen molar-refractivity contribution in [1.82, 2.24) is 5.32 Å². The molecule has 0 atom stereocenters. The zero-order valence-corrected chi connectivity index (χ0v) is 12.9. The highest BCUT2D eigenvalue weighted by molar-refractivity contribution is 9.10. The molecule has 1 fully saturated rings. The maximum absolute atomic E-state index is 11.9. The molecule has 0 aliphatic heterocycles. The molecule has 2 rings (SSSR count). The zero-order chi connectivity index (χ0) is 14.4. The lowest BCUT2D eigenvalue weighted by molar-refractivity contribution is -0.120. The Morgan fingerprint density at radius 1 is 1.35 bits per heavy atom. The predicted octanol–water partition coefficient (Wildman–Crippen LogP) is 3.18. The van der Waals surface area contributed by atoms with Crippen LogP contribution in [0.25, 0.3) is 0 Å². The van der Waals surface area contributed by atoms with Crippen LogP contribution in [0.4, 0.5) is 5.69 Å². The number of nitriles is 1. The Bertz CT molecular complexity index is 518. The molecule has 1 aliphatic carbocycles. The average molecular weight is 336 g/mol. The number of carbonyl (C=O) groups is 1. The van der Waals surface area contributed by atoms with Gasteiger partial charge in [-0.25, -0.2) is 0 Å². The van der Waals surface area contributed by atoms with Crippen molar-refractivity contribution in [2.24, 2.45) is 0 Å². The van der Waals surface area contributed by atoms with E-state index >= 15 is 0 Å². The normalized spacial score (nSPS) is 15.4. The fraction of sp³-hybridized carbons (Fsp3) is 0.467. The number of hydrogen-bond acceptors (Lipinski definition) is 3. The predicted molar refractivity (Wildman–Crippen MR) is 82.4 cm³/mol. The molecule has 0 saturated heterocycles. The van der Waals surface area contributed by atoms with Crippen LogP contribution in [0.3, 0.4) is 0 Å². The van der Waals surface area contributed by atoms with Gasteiger partial charge in [-0.1, -0.05) is 35.2 Å². The molecule has 0 spiro atoms. The summed E-state index contributed by atoms with van der Waals surface area (Å²) < 4.78 is 0.881. The van der Waals surface area contributed by atoms with E-state index in [1.165, 1.54) is 19.3 Å². The van der Waals surface area contributed by atoms with E-state index in [0.717, 1.165) is 17.3 Å². The van der Waals surface area contributed by atoms with Crippen molar-refractivity contribution >= 4 is 27.5 Å². The van der Waals surface area contributed by atoms with Crippen LogP contribution in [-0.2, 0) is 4.79 Å². The van der Waals surface area contributed by atoms with Crippen LogP contribution in [0.15, 0.2) is 22.7 Å². The van der Waals surface area contributed by atoms with E-state index in [9.17, 15) is 4.79 Å². The Hall–Kier alpha value is -1.54. The second-order valence-electron chi connectivity index (χ2n) is 5.06. The standard InChI is InChI=1S/C15H18BrN3O/c16-12-7-6-11(9-17)14(8-12)18-10-15(20)19-13-4-2-1-3-5-13/h6-8,13,18H,1-5,10H2,(H,19,20). The summed E-state index contributed by atoms with van der Waals surface area (Å²) in [6, 6.07) is 7.78. The van der Waals surface area contributed by atoms with Crippen LogP contribution in [0.5, 0.6) is 0 Å². The number of rotatable bonds is 4. The molecule has 1 aromatic carbocycles. The average Bonchev–Trinajstić information content (AvgIpc) is 2.46. The first-order chi connectivity index (χ1) is 9.69. The highest BCUT2D eigenvalue weighted by atomic mass is 79.9. The molecule has 1 saturated carbocycles. The second-order valence-corrected chi connectivity index (χ2v) is 5.97. The first-order valence-electron chi connectivity index (χ1n) is 6.92. The lowest BCUT2D eigenvalue weighted by Gasteiger charge is -2.23. The van der Waals surface area contributed by atoms with E-state index in [-0.39, 0.29) is 12.5 Å². The van der Waals surface area contributed by atoms with Crippen molar-refractivity contribution < 1.29 is 4.79 Å². The van der Waals surface area contributed by atoms with Gasteiger partial charge in [-0.15, -0.1) is 0 Å². The van der Waals surface area contributed by atoms with E-state index in [1.807, 2.05) is 12.1 Å². The fourth-order valence-corrected chi connectivity index (χ4v) is 2.82. The van der Waals surface area contributed by atoms with Gasteiger partial charge in [0.25, 0.3) is 0 Å². The molecule has 20 heavy (non-hydrogen) atoms. The van der Waals surface area contributed by atoms with Crippen molar-refractivity contribution in [2.75, 3.05) is 11.9 Å². The number of amides is 1. The van der Waals surface area contributed by atoms with E-state index in [2.05, 4.69) is 32.6 Å². The minimum Gasteiger partial charge on any atom is -0.375 e. The van der Waals surface area contributed by atoms with Gasteiger partial charge in [-0.05, 0) is 31.0 Å². The smallest absolute Gasteiger partial charge is 0.239 e. The summed E-state index contributed by atoms with van der Waals surface area (Å²) in [4.78, 5) is 11.9. The van der Waals surface area contributed by atoms with Crippen LogP contribution in [-0.4, -0.2) is 18.5 Å². The molecule has 0 unspecified atom stereocenters. The van der Waals surface area contributed by atoms with E-state index < -0.39 is 0 Å². The number of nitrogens with zero attached hydrogens (tertiary/aromatic N) is 1. The number of benzene rings is 1. The number of halogens is 1. The quantitative estimate of drug-likeness (QED) is 0.888. The Labute approximate surface area is 127 Å². The van der Waals surface area contributed by atoms with Gasteiger partial charge in [0.2, 0.25) is 5.91 Å². The summed E-state index contributed by atoms with van der Waals surface area (Å²) in [6.45, 7) is 0.196. The lowest BCUT2D eigenvalue weighted by atomic mass is 9.95. The van der Waals surface area contributed by atoms with Crippen LogP contribution in [0.2, 0.25) is 0 Å². The van der Waals surface area contributed by atoms with Crippen molar-refractivity contribution in [3.8, 4) is 6.07 Å². The Balaban J connectivity index is 1.86. The number of hydrogen-bond donors (Lipinski definition) is 2. The van der Waals surface area contributed by atoms with Gasteiger partial charge in [-0.2, -0.15) is 5.26 Å². The fourth-order valence-electron chi connectivity index (χ4n) is 2.46. The third-order valence-corrected chi connectivity index (χ3v) is 4.00. The summed E-state index contributed by atoms with van der Waals surface area (Å²) in [7, 11) is 0. The van der Waals surface area contributed by atoms with Crippen molar-refractivity contribution in [1.29, 1.82) is 5.26 Å². The first kappa shape index (κ1) is 14.9. The van der Waals surface area contributed by atoms with Gasteiger partial charge < -0.3 is 10.6 Å². The summed E-state index contributed by atoms with van der Waals surface area (Å²) in [5.41, 5.74) is 1.22. The molecule has 1 aliphatic rings. The maximum atomic E-state index is 11.9. The minimum absolute atomic E-state index is 0.0132. The van der Waals surface area contributed by atoms with Gasteiger partial charge in [-0.3, -0.25) is 4.79 Å². The topological polar surface area (TPSA) is 64.9 Å². The van der Waals surface area contributed by atoms with Gasteiger partial charge in [0.1, 0.15) is 6.07 Å². The van der Waals surface area contributed by atoms with Crippen LogP contribution >= 0.6 is 15.9 Å². The molecule has 0 aromatic heterocycles. The SMILES string of the molecule is N#Cc1ccc(Br)cc1NCC(=O)NC1CCCCC1. The maximum Gasteiger partial charge on any atom is 0.239 e. The van der Waals surface area contributed by atoms with Crippen LogP contribution in [0.1, 0.15) is 37.7 Å². The van der Waals surface area contributed by atoms with Gasteiger partial charge in [0.15, 0.2) is 0 Å². The lowest BCUT2D eigenvalue weighted by Crippen LogP contribution is -2.39. The van der Waals surface area contributed by atoms with E-state index in [1.54, 1.807) is 6.07 Å². The Morgan fingerprint density at radius 2 is 2.10 bits per heavy atom. The van der Waals surface area contributed by atoms with Gasteiger partial charge >= 0.3 is 0 Å². The minimum atomic E-state index is -0.0132. The zero-order valence-electron chi connectivity index (χ0n) is 11.3. The third kappa shape index (κ3) is 4.24. The third-order valence-electron chi connectivity index (χ3n) is 3.51. The Kier molecular flexibility index (Phi) is 5.42. The molecular weight excluding hydrogens is 318 g/mol. The van der Waals surface area contributed by atoms with Gasteiger partial charge in [0.05, 0.1) is 17.8 Å². The van der Waals surface area contributed by atoms with E-state index in [4.69, 9.17) is 5.26 Å². The molecule has 0 heterocycles. The number of carbonyl (C=O) groups excluding carboxylic acids is 1. The summed E-state index contributed by atoms with van der Waals surface area (Å²) in [5, 5.41) is 15.1. The molecule has 0 radical (unpaired) electrons. The molecular formula is C15H18BrN3O. The Morgan fingerprint density at radius 3 is 2.80 bits per heavy atom. The summed E-state index contributed by atoms with van der Waals surface area (Å²) in [6.07, 6.45) is 5.82. The second kappa shape index (κ2) is 7.30. The summed E-state index contributed by atoms with van der Waals surface area (Å²) in [5.74, 6) is -0.0132. The number of nitrogens with one attached hydrogen (secondary N) is 2. The molecule has 106 valence electrons. The summed E-state index contributed by atoms with van der Waals surface area (Å²) >= 11 is 3.36. The van der Waals surface area contributed by atoms with E-state index in [0.29, 0.717) is 17.3 Å².